The molecule has 0 aliphatic carbocycles. The zero-order valence-electron chi connectivity index (χ0n) is 18.4. The highest BCUT2D eigenvalue weighted by Crippen LogP contribution is 2.26. The summed E-state index contributed by atoms with van der Waals surface area (Å²) in [6.45, 7) is 10.1. The standard InChI is InChI=1S/C22H34N4O2.HI/c1-7-23-21(24-13-18-9-8-10-19(12-18)14-26(5)6)25-15-22(4,27)20-11-16(2)28-17(20)3;/h8-12,27H,7,13-15H2,1-6H3,(H2,23,24,25);1H. The number of aliphatic imine (C=N–C) groups is 1. The van der Waals surface area contributed by atoms with E-state index < -0.39 is 5.60 Å². The molecule has 0 aliphatic heterocycles. The smallest absolute Gasteiger partial charge is 0.191 e. The SMILES string of the molecule is CCNC(=NCc1cccc(CN(C)C)c1)NCC(C)(O)c1cc(C)oc1C.I. The molecule has 7 heteroatoms. The lowest BCUT2D eigenvalue weighted by atomic mass is 9.96. The van der Waals surface area contributed by atoms with Gasteiger partial charge in [0, 0.05) is 18.7 Å². The highest BCUT2D eigenvalue weighted by molar-refractivity contribution is 14.0. The first-order valence-electron chi connectivity index (χ1n) is 9.76. The van der Waals surface area contributed by atoms with Gasteiger partial charge in [-0.15, -0.1) is 24.0 Å². The van der Waals surface area contributed by atoms with E-state index in [1.807, 2.05) is 26.8 Å². The van der Waals surface area contributed by atoms with E-state index in [1.54, 1.807) is 6.92 Å². The van der Waals surface area contributed by atoms with Crippen LogP contribution in [0.4, 0.5) is 0 Å². The van der Waals surface area contributed by atoms with Crippen molar-refractivity contribution in [2.75, 3.05) is 27.2 Å². The minimum atomic E-state index is -1.05. The molecule has 0 aliphatic rings. The minimum absolute atomic E-state index is 0. The van der Waals surface area contributed by atoms with E-state index in [4.69, 9.17) is 4.42 Å². The Morgan fingerprint density at radius 2 is 1.86 bits per heavy atom. The summed E-state index contributed by atoms with van der Waals surface area (Å²) in [5, 5.41) is 17.4. The zero-order chi connectivity index (χ0) is 20.7. The highest BCUT2D eigenvalue weighted by Gasteiger charge is 2.27. The normalized spacial score (nSPS) is 13.7. The third kappa shape index (κ3) is 7.98. The quantitative estimate of drug-likeness (QED) is 0.286. The maximum absolute atomic E-state index is 10.9. The third-order valence-corrected chi connectivity index (χ3v) is 4.48. The van der Waals surface area contributed by atoms with Crippen molar-refractivity contribution in [3.8, 4) is 0 Å². The van der Waals surface area contributed by atoms with Gasteiger partial charge in [0.25, 0.3) is 0 Å². The number of benzene rings is 1. The number of nitrogens with one attached hydrogen (secondary N) is 2. The maximum atomic E-state index is 10.9. The van der Waals surface area contributed by atoms with Crippen molar-refractivity contribution < 1.29 is 9.52 Å². The van der Waals surface area contributed by atoms with Gasteiger partial charge in [-0.3, -0.25) is 0 Å². The van der Waals surface area contributed by atoms with Crippen LogP contribution in [0, 0.1) is 13.8 Å². The number of hydrogen-bond acceptors (Lipinski definition) is 4. The molecule has 0 amide bonds. The van der Waals surface area contributed by atoms with E-state index in [2.05, 4.69) is 58.9 Å². The topological polar surface area (TPSA) is 73.0 Å². The Labute approximate surface area is 191 Å². The number of aryl methyl sites for hydroxylation is 2. The second-order valence-electron chi connectivity index (χ2n) is 7.71. The summed E-state index contributed by atoms with van der Waals surface area (Å²) in [7, 11) is 4.13. The van der Waals surface area contributed by atoms with Crippen LogP contribution in [0.2, 0.25) is 0 Å². The Morgan fingerprint density at radius 1 is 1.17 bits per heavy atom. The van der Waals surface area contributed by atoms with E-state index in [9.17, 15) is 5.11 Å². The monoisotopic (exact) mass is 514 g/mol. The second-order valence-corrected chi connectivity index (χ2v) is 7.71. The Morgan fingerprint density at radius 3 is 2.45 bits per heavy atom. The lowest BCUT2D eigenvalue weighted by Crippen LogP contribution is -2.44. The van der Waals surface area contributed by atoms with Crippen molar-refractivity contribution in [1.82, 2.24) is 15.5 Å². The number of halogens is 1. The van der Waals surface area contributed by atoms with Crippen LogP contribution in [0.25, 0.3) is 0 Å². The van der Waals surface area contributed by atoms with Gasteiger partial charge in [-0.05, 0) is 59.0 Å². The maximum Gasteiger partial charge on any atom is 0.191 e. The highest BCUT2D eigenvalue weighted by atomic mass is 127. The van der Waals surface area contributed by atoms with Gasteiger partial charge in [-0.25, -0.2) is 4.99 Å². The van der Waals surface area contributed by atoms with Crippen molar-refractivity contribution in [2.45, 2.75) is 46.4 Å². The first kappa shape index (κ1) is 25.5. The average Bonchev–Trinajstić information content (AvgIpc) is 2.96. The Hall–Kier alpha value is -1.58. The predicted molar refractivity (Wildman–Crippen MR) is 130 cm³/mol. The molecular formula is C22H35IN4O2. The molecule has 2 aromatic rings. The molecular weight excluding hydrogens is 479 g/mol. The molecule has 0 saturated carbocycles. The van der Waals surface area contributed by atoms with E-state index in [0.717, 1.165) is 35.7 Å². The first-order valence-corrected chi connectivity index (χ1v) is 9.76. The molecule has 1 aromatic heterocycles. The Balaban J connectivity index is 0.00000420. The van der Waals surface area contributed by atoms with Gasteiger partial charge < -0.3 is 25.1 Å². The fourth-order valence-electron chi connectivity index (χ4n) is 3.22. The summed E-state index contributed by atoms with van der Waals surface area (Å²) in [5.41, 5.74) is 2.17. The minimum Gasteiger partial charge on any atom is -0.466 e. The van der Waals surface area contributed by atoms with Crippen molar-refractivity contribution in [1.29, 1.82) is 0 Å². The third-order valence-electron chi connectivity index (χ3n) is 4.48. The lowest BCUT2D eigenvalue weighted by Gasteiger charge is -2.24. The fraction of sp³-hybridized carbons (Fsp3) is 0.500. The van der Waals surface area contributed by atoms with Crippen molar-refractivity contribution in [3.05, 3.63) is 58.5 Å². The first-order chi connectivity index (χ1) is 13.2. The van der Waals surface area contributed by atoms with Crippen LogP contribution < -0.4 is 10.6 Å². The number of nitrogens with zero attached hydrogens (tertiary/aromatic N) is 2. The fourth-order valence-corrected chi connectivity index (χ4v) is 3.22. The average molecular weight is 514 g/mol. The molecule has 0 spiro atoms. The van der Waals surface area contributed by atoms with Crippen LogP contribution in [-0.2, 0) is 18.7 Å². The van der Waals surface area contributed by atoms with Gasteiger partial charge in [0.2, 0.25) is 0 Å². The molecule has 0 bridgehead atoms. The van der Waals surface area contributed by atoms with Crippen LogP contribution in [0.15, 0.2) is 39.7 Å². The van der Waals surface area contributed by atoms with Gasteiger partial charge in [0.05, 0.1) is 13.1 Å². The zero-order valence-corrected chi connectivity index (χ0v) is 20.7. The molecule has 29 heavy (non-hydrogen) atoms. The molecule has 0 fully saturated rings. The van der Waals surface area contributed by atoms with Gasteiger partial charge in [-0.2, -0.15) is 0 Å². The summed E-state index contributed by atoms with van der Waals surface area (Å²) in [6.07, 6.45) is 0. The Kier molecular flexibility index (Phi) is 10.2. The van der Waals surface area contributed by atoms with Gasteiger partial charge in [0.15, 0.2) is 5.96 Å². The van der Waals surface area contributed by atoms with Crippen LogP contribution in [0.3, 0.4) is 0 Å². The molecule has 1 atom stereocenters. The number of hydrogen-bond donors (Lipinski definition) is 3. The van der Waals surface area contributed by atoms with Crippen molar-refractivity contribution >= 4 is 29.9 Å². The van der Waals surface area contributed by atoms with Crippen LogP contribution >= 0.6 is 24.0 Å². The lowest BCUT2D eigenvalue weighted by molar-refractivity contribution is 0.0601. The molecule has 1 unspecified atom stereocenters. The predicted octanol–water partition coefficient (Wildman–Crippen LogP) is 3.54. The number of rotatable bonds is 8. The van der Waals surface area contributed by atoms with E-state index >= 15 is 0 Å². The molecule has 3 N–H and O–H groups in total. The summed E-state index contributed by atoms with van der Waals surface area (Å²) >= 11 is 0. The van der Waals surface area contributed by atoms with Crippen molar-refractivity contribution in [2.24, 2.45) is 4.99 Å². The van der Waals surface area contributed by atoms with Crippen LogP contribution in [0.1, 0.15) is 42.1 Å². The molecule has 1 aromatic carbocycles. The Bertz CT molecular complexity index is 800. The van der Waals surface area contributed by atoms with Crippen molar-refractivity contribution in [3.63, 3.8) is 0 Å². The molecule has 162 valence electrons. The van der Waals surface area contributed by atoms with Gasteiger partial charge in [0.1, 0.15) is 17.1 Å². The molecule has 2 rings (SSSR count). The molecule has 0 radical (unpaired) electrons. The summed E-state index contributed by atoms with van der Waals surface area (Å²) in [4.78, 5) is 6.82. The van der Waals surface area contributed by atoms with E-state index in [-0.39, 0.29) is 24.0 Å². The summed E-state index contributed by atoms with van der Waals surface area (Å²) < 4.78 is 5.56. The summed E-state index contributed by atoms with van der Waals surface area (Å²) in [6, 6.07) is 10.3. The van der Waals surface area contributed by atoms with E-state index in [1.165, 1.54) is 5.56 Å². The molecule has 1 heterocycles. The van der Waals surface area contributed by atoms with Crippen LogP contribution in [-0.4, -0.2) is 43.2 Å². The van der Waals surface area contributed by atoms with E-state index in [0.29, 0.717) is 19.0 Å². The summed E-state index contributed by atoms with van der Waals surface area (Å²) in [5.74, 6) is 2.22. The van der Waals surface area contributed by atoms with Crippen LogP contribution in [0.5, 0.6) is 0 Å². The van der Waals surface area contributed by atoms with Gasteiger partial charge in [-0.1, -0.05) is 24.3 Å². The second kappa shape index (κ2) is 11.6. The number of guanidine groups is 1. The molecule has 6 nitrogen and oxygen atoms in total. The molecule has 0 saturated heterocycles. The number of furan rings is 1. The largest absolute Gasteiger partial charge is 0.466 e. The van der Waals surface area contributed by atoms with Gasteiger partial charge >= 0.3 is 0 Å². The number of aliphatic hydroxyl groups is 1.